The number of hydrogen-bond donors (Lipinski definition) is 1. The topological polar surface area (TPSA) is 163 Å². The molecule has 13 nitrogen and oxygen atoms in total. The molecule has 1 saturated heterocycles. The molecule has 1 N–H and O–H groups in total. The number of nitrogens with zero attached hydrogens (tertiary/aromatic N) is 7. The molecular formula is C26H30N8O5S2. The van der Waals surface area contributed by atoms with Crippen molar-refractivity contribution in [1.82, 2.24) is 29.6 Å². The van der Waals surface area contributed by atoms with Crippen molar-refractivity contribution in [2.75, 3.05) is 37.7 Å². The van der Waals surface area contributed by atoms with Gasteiger partial charge in [-0.3, -0.25) is 4.79 Å². The van der Waals surface area contributed by atoms with E-state index in [1.165, 1.54) is 34.2 Å². The molecule has 15 heteroatoms. The molecule has 0 unspecified atom stereocenters. The van der Waals surface area contributed by atoms with E-state index in [1.54, 1.807) is 19.2 Å². The predicted octanol–water partition coefficient (Wildman–Crippen LogP) is 2.09. The van der Waals surface area contributed by atoms with Gasteiger partial charge in [-0.25, -0.2) is 17.9 Å². The zero-order chi connectivity index (χ0) is 29.4. The number of ether oxygens (including phenoxy) is 1. The quantitative estimate of drug-likeness (QED) is 0.285. The molecule has 1 aliphatic carbocycles. The maximum absolute atomic E-state index is 13.4. The number of carbonyl (C=O) groups excluding carboxylic acids is 2. The van der Waals surface area contributed by atoms with Crippen molar-refractivity contribution < 1.29 is 22.7 Å². The van der Waals surface area contributed by atoms with Gasteiger partial charge in [-0.2, -0.15) is 15.1 Å². The third kappa shape index (κ3) is 6.09. The van der Waals surface area contributed by atoms with Crippen LogP contribution < -0.4 is 9.62 Å². The minimum absolute atomic E-state index is 0.00258. The van der Waals surface area contributed by atoms with E-state index < -0.39 is 21.5 Å². The first-order valence-corrected chi connectivity index (χ1v) is 15.6. The van der Waals surface area contributed by atoms with Crippen molar-refractivity contribution in [2.24, 2.45) is 5.92 Å². The second kappa shape index (κ2) is 11.2. The third-order valence-electron chi connectivity index (χ3n) is 6.88. The third-order valence-corrected chi connectivity index (χ3v) is 9.28. The Morgan fingerprint density at radius 2 is 1.95 bits per heavy atom. The summed E-state index contributed by atoms with van der Waals surface area (Å²) in [4.78, 5) is 28.0. The van der Waals surface area contributed by atoms with Gasteiger partial charge >= 0.3 is 5.97 Å². The summed E-state index contributed by atoms with van der Waals surface area (Å²) in [6.45, 7) is 7.76. The van der Waals surface area contributed by atoms with Gasteiger partial charge in [0.2, 0.25) is 21.1 Å². The van der Waals surface area contributed by atoms with E-state index in [4.69, 9.17) is 4.74 Å². The molecular weight excluding hydrogens is 568 g/mol. The molecule has 1 aromatic carbocycles. The smallest absolute Gasteiger partial charge is 0.330 e. The average Bonchev–Trinajstić information content (AvgIpc) is 3.33. The van der Waals surface area contributed by atoms with E-state index in [2.05, 4.69) is 26.1 Å². The SMILES string of the molecule is CCOC(=O)/C=C/c1nnc(-n2cc3c(N4CCN(C(=O)C(C)C)CC4)cc(S(=O)(=O)NC4(C#N)CC4)cc3n2)s1. The highest BCUT2D eigenvalue weighted by molar-refractivity contribution is 7.89. The summed E-state index contributed by atoms with van der Waals surface area (Å²) in [7, 11) is -4.02. The number of benzene rings is 1. The molecule has 1 saturated carbocycles. The van der Waals surface area contributed by atoms with E-state index in [0.29, 0.717) is 65.8 Å². The lowest BCUT2D eigenvalue weighted by molar-refractivity contribution is -0.137. The average molecular weight is 599 g/mol. The lowest BCUT2D eigenvalue weighted by Gasteiger charge is -2.37. The Morgan fingerprint density at radius 1 is 1.22 bits per heavy atom. The molecule has 2 aromatic heterocycles. The molecule has 0 atom stereocenters. The highest BCUT2D eigenvalue weighted by Crippen LogP contribution is 2.37. The van der Waals surface area contributed by atoms with Crippen molar-refractivity contribution in [2.45, 2.75) is 44.0 Å². The second-order valence-corrected chi connectivity index (χ2v) is 12.9. The van der Waals surface area contributed by atoms with E-state index in [1.807, 2.05) is 23.6 Å². The molecule has 1 amide bonds. The molecule has 41 heavy (non-hydrogen) atoms. The van der Waals surface area contributed by atoms with Crippen LogP contribution in [0.3, 0.4) is 0 Å². The number of hydrogen-bond acceptors (Lipinski definition) is 11. The van der Waals surface area contributed by atoms with Crippen LogP contribution in [0, 0.1) is 17.2 Å². The number of amides is 1. The molecule has 216 valence electrons. The van der Waals surface area contributed by atoms with Gasteiger partial charge in [-0.15, -0.1) is 10.2 Å². The van der Waals surface area contributed by atoms with Gasteiger partial charge in [0.15, 0.2) is 0 Å². The number of nitrogens with one attached hydrogen (secondary N) is 1. The fraction of sp³-hybridized carbons (Fsp3) is 0.462. The normalized spacial score (nSPS) is 16.9. The number of piperazine rings is 1. The number of carbonyl (C=O) groups is 2. The Bertz CT molecular complexity index is 1660. The summed E-state index contributed by atoms with van der Waals surface area (Å²) >= 11 is 1.20. The lowest BCUT2D eigenvalue weighted by atomic mass is 10.1. The molecule has 2 aliphatic rings. The number of anilines is 1. The number of fused-ring (bicyclic) bond motifs is 1. The van der Waals surface area contributed by atoms with Crippen LogP contribution >= 0.6 is 11.3 Å². The maximum Gasteiger partial charge on any atom is 0.330 e. The highest BCUT2D eigenvalue weighted by atomic mass is 32.2. The van der Waals surface area contributed by atoms with Crippen LogP contribution in [0.1, 0.15) is 38.6 Å². The zero-order valence-corrected chi connectivity index (χ0v) is 24.5. The van der Waals surface area contributed by atoms with Gasteiger partial charge in [0.1, 0.15) is 10.5 Å². The second-order valence-electron chi connectivity index (χ2n) is 10.2. The standard InChI is InChI=1S/C26H30N8O5S2/c1-4-39-23(35)6-5-22-28-29-25(40-22)34-15-19-20(30-34)13-18(41(37,38)31-26(16-27)7-8-26)14-21(19)32-9-11-33(12-10-32)24(36)17(2)3/h5-6,13-15,17,31H,4,7-12H2,1-3H3/b6-5+. The first-order chi connectivity index (χ1) is 19.5. The van der Waals surface area contributed by atoms with E-state index in [-0.39, 0.29) is 23.3 Å². The van der Waals surface area contributed by atoms with Crippen LogP contribution in [0.4, 0.5) is 5.69 Å². The van der Waals surface area contributed by atoms with Gasteiger partial charge in [0.05, 0.1) is 23.1 Å². The summed E-state index contributed by atoms with van der Waals surface area (Å²) in [5, 5.41) is 23.9. The largest absolute Gasteiger partial charge is 0.463 e. The van der Waals surface area contributed by atoms with Crippen molar-refractivity contribution >= 4 is 55.9 Å². The van der Waals surface area contributed by atoms with E-state index >= 15 is 0 Å². The summed E-state index contributed by atoms with van der Waals surface area (Å²) in [6.07, 6.45) is 5.46. The molecule has 3 aromatic rings. The summed E-state index contributed by atoms with van der Waals surface area (Å²) in [5.41, 5.74) is -0.000366. The zero-order valence-electron chi connectivity index (χ0n) is 22.9. The van der Waals surface area contributed by atoms with E-state index in [9.17, 15) is 23.3 Å². The summed E-state index contributed by atoms with van der Waals surface area (Å²) in [5.74, 6) is -0.510. The molecule has 2 fully saturated rings. The Hall–Kier alpha value is -3.87. The molecule has 0 radical (unpaired) electrons. The van der Waals surface area contributed by atoms with Crippen LogP contribution in [-0.2, 0) is 24.3 Å². The lowest BCUT2D eigenvalue weighted by Crippen LogP contribution is -2.50. The van der Waals surface area contributed by atoms with Crippen molar-refractivity contribution in [3.63, 3.8) is 0 Å². The number of rotatable bonds is 9. The predicted molar refractivity (Wildman–Crippen MR) is 152 cm³/mol. The highest BCUT2D eigenvalue weighted by Gasteiger charge is 2.47. The molecule has 0 bridgehead atoms. The molecule has 1 aliphatic heterocycles. The monoisotopic (exact) mass is 598 g/mol. The number of sulfonamides is 1. The molecule has 0 spiro atoms. The maximum atomic E-state index is 13.4. The minimum atomic E-state index is -4.02. The van der Waals surface area contributed by atoms with Gasteiger partial charge in [0.25, 0.3) is 0 Å². The fourth-order valence-corrected chi connectivity index (χ4v) is 6.61. The van der Waals surface area contributed by atoms with Gasteiger partial charge in [-0.1, -0.05) is 25.2 Å². The number of esters is 1. The number of nitriles is 1. The van der Waals surface area contributed by atoms with Crippen LogP contribution in [0.5, 0.6) is 0 Å². The van der Waals surface area contributed by atoms with Crippen LogP contribution in [0.15, 0.2) is 29.3 Å². The number of aromatic nitrogens is 4. The first-order valence-electron chi connectivity index (χ1n) is 13.3. The van der Waals surface area contributed by atoms with Crippen LogP contribution in [0.25, 0.3) is 22.1 Å². The van der Waals surface area contributed by atoms with Gasteiger partial charge < -0.3 is 14.5 Å². The van der Waals surface area contributed by atoms with Crippen LogP contribution in [0.2, 0.25) is 0 Å². The van der Waals surface area contributed by atoms with Gasteiger partial charge in [-0.05, 0) is 38.0 Å². The van der Waals surface area contributed by atoms with Gasteiger partial charge in [0, 0.05) is 55.4 Å². The van der Waals surface area contributed by atoms with Crippen molar-refractivity contribution in [3.05, 3.63) is 29.4 Å². The molecule has 5 rings (SSSR count). The summed E-state index contributed by atoms with van der Waals surface area (Å²) in [6, 6.07) is 5.14. The van der Waals surface area contributed by atoms with Crippen molar-refractivity contribution in [1.29, 1.82) is 5.26 Å². The van der Waals surface area contributed by atoms with Crippen molar-refractivity contribution in [3.8, 4) is 11.2 Å². The first kappa shape index (κ1) is 28.7. The minimum Gasteiger partial charge on any atom is -0.463 e. The summed E-state index contributed by atoms with van der Waals surface area (Å²) < 4.78 is 35.7. The Morgan fingerprint density at radius 3 is 2.59 bits per heavy atom. The Kier molecular flexibility index (Phi) is 7.82. The Balaban J connectivity index is 1.50. The molecule has 3 heterocycles. The fourth-order valence-electron chi connectivity index (χ4n) is 4.52. The Labute approximate surface area is 241 Å². The van der Waals surface area contributed by atoms with Crippen LogP contribution in [-0.4, -0.2) is 83.5 Å². The van der Waals surface area contributed by atoms with E-state index in [0.717, 1.165) is 0 Å².